The van der Waals surface area contributed by atoms with Gasteiger partial charge in [-0.15, -0.1) is 0 Å². The number of methoxy groups -OCH3 is 1. The Bertz CT molecular complexity index is 860. The lowest BCUT2D eigenvalue weighted by Gasteiger charge is -2.20. The van der Waals surface area contributed by atoms with E-state index < -0.39 is 15.1 Å². The van der Waals surface area contributed by atoms with E-state index in [1.54, 1.807) is 31.2 Å². The SMILES string of the molecule is CCC(=O)NC[C@H](c1ccc(N(C)C)cc1)S(=O)(=O)c1ccc(OC)cc1. The molecule has 0 aromatic heterocycles. The summed E-state index contributed by atoms with van der Waals surface area (Å²) in [5.41, 5.74) is 1.60. The number of hydrogen-bond acceptors (Lipinski definition) is 5. The lowest BCUT2D eigenvalue weighted by Crippen LogP contribution is -2.31. The molecule has 1 N–H and O–H groups in total. The maximum absolute atomic E-state index is 13.2. The maximum atomic E-state index is 13.2. The molecule has 0 unspecified atom stereocenters. The molecule has 1 amide bonds. The predicted molar refractivity (Wildman–Crippen MR) is 107 cm³/mol. The molecule has 2 aromatic rings. The number of benzene rings is 2. The maximum Gasteiger partial charge on any atom is 0.219 e. The van der Waals surface area contributed by atoms with Crippen molar-refractivity contribution in [2.75, 3.05) is 32.6 Å². The van der Waals surface area contributed by atoms with Gasteiger partial charge in [-0.25, -0.2) is 8.42 Å². The van der Waals surface area contributed by atoms with E-state index in [-0.39, 0.29) is 17.3 Å². The summed E-state index contributed by atoms with van der Waals surface area (Å²) in [4.78, 5) is 13.8. The number of anilines is 1. The largest absolute Gasteiger partial charge is 0.497 e. The summed E-state index contributed by atoms with van der Waals surface area (Å²) in [7, 11) is 1.66. The summed E-state index contributed by atoms with van der Waals surface area (Å²) in [6.07, 6.45) is 0.300. The normalized spacial score (nSPS) is 12.3. The second-order valence-corrected chi connectivity index (χ2v) is 8.48. The number of carbonyl (C=O) groups excluding carboxylic acids is 1. The Kier molecular flexibility index (Phi) is 6.85. The third-order valence-electron chi connectivity index (χ3n) is 4.35. The van der Waals surface area contributed by atoms with E-state index in [2.05, 4.69) is 5.32 Å². The van der Waals surface area contributed by atoms with Crippen molar-refractivity contribution in [1.29, 1.82) is 0 Å². The van der Waals surface area contributed by atoms with Crippen molar-refractivity contribution in [2.24, 2.45) is 0 Å². The Morgan fingerprint density at radius 1 is 1.07 bits per heavy atom. The fraction of sp³-hybridized carbons (Fsp3) is 0.350. The monoisotopic (exact) mass is 390 g/mol. The highest BCUT2D eigenvalue weighted by atomic mass is 32.2. The number of amides is 1. The predicted octanol–water partition coefficient (Wildman–Crippen LogP) is 2.80. The van der Waals surface area contributed by atoms with Crippen LogP contribution in [0.3, 0.4) is 0 Å². The summed E-state index contributed by atoms with van der Waals surface area (Å²) >= 11 is 0. The average molecular weight is 391 g/mol. The van der Waals surface area contributed by atoms with Crippen LogP contribution in [0.4, 0.5) is 5.69 Å². The van der Waals surface area contributed by atoms with E-state index in [0.717, 1.165) is 5.69 Å². The summed E-state index contributed by atoms with van der Waals surface area (Å²) in [5, 5.41) is 1.84. The first kappa shape index (κ1) is 20.8. The molecule has 0 fully saturated rings. The minimum atomic E-state index is -3.70. The first-order chi connectivity index (χ1) is 12.8. The van der Waals surface area contributed by atoms with Crippen LogP contribution in [0, 0.1) is 0 Å². The van der Waals surface area contributed by atoms with Gasteiger partial charge in [0.05, 0.1) is 12.0 Å². The zero-order chi connectivity index (χ0) is 20.0. The van der Waals surface area contributed by atoms with E-state index in [4.69, 9.17) is 4.74 Å². The van der Waals surface area contributed by atoms with Crippen molar-refractivity contribution in [3.63, 3.8) is 0 Å². The molecule has 0 aliphatic carbocycles. The fourth-order valence-corrected chi connectivity index (χ4v) is 4.32. The van der Waals surface area contributed by atoms with Crippen LogP contribution in [0.5, 0.6) is 5.75 Å². The number of rotatable bonds is 8. The number of hydrogen-bond donors (Lipinski definition) is 1. The number of sulfone groups is 1. The number of carbonyl (C=O) groups is 1. The Balaban J connectivity index is 2.41. The molecule has 0 saturated carbocycles. The van der Waals surface area contributed by atoms with Gasteiger partial charge in [0.25, 0.3) is 0 Å². The van der Waals surface area contributed by atoms with E-state index >= 15 is 0 Å². The highest BCUT2D eigenvalue weighted by molar-refractivity contribution is 7.91. The summed E-state index contributed by atoms with van der Waals surface area (Å²) in [6, 6.07) is 13.6. The van der Waals surface area contributed by atoms with Crippen LogP contribution in [0.2, 0.25) is 0 Å². The van der Waals surface area contributed by atoms with Gasteiger partial charge in [-0.1, -0.05) is 19.1 Å². The third-order valence-corrected chi connectivity index (χ3v) is 6.47. The Morgan fingerprint density at radius 3 is 2.15 bits per heavy atom. The minimum Gasteiger partial charge on any atom is -0.497 e. The highest BCUT2D eigenvalue weighted by Crippen LogP contribution is 2.30. The van der Waals surface area contributed by atoms with Crippen LogP contribution in [-0.2, 0) is 14.6 Å². The van der Waals surface area contributed by atoms with Crippen molar-refractivity contribution in [3.8, 4) is 5.75 Å². The topological polar surface area (TPSA) is 75.7 Å². The molecule has 0 aliphatic rings. The Hall–Kier alpha value is -2.54. The van der Waals surface area contributed by atoms with Gasteiger partial charge in [0.1, 0.15) is 11.0 Å². The molecule has 1 atom stereocenters. The number of nitrogens with one attached hydrogen (secondary N) is 1. The van der Waals surface area contributed by atoms with Gasteiger partial charge in [-0.3, -0.25) is 4.79 Å². The van der Waals surface area contributed by atoms with Gasteiger partial charge in [0.15, 0.2) is 9.84 Å². The summed E-state index contributed by atoms with van der Waals surface area (Å²) in [5.74, 6) is 0.398. The van der Waals surface area contributed by atoms with Crippen LogP contribution in [0.25, 0.3) is 0 Å². The van der Waals surface area contributed by atoms with Gasteiger partial charge in [-0.2, -0.15) is 0 Å². The van der Waals surface area contributed by atoms with Gasteiger partial charge in [-0.05, 0) is 42.0 Å². The first-order valence-corrected chi connectivity index (χ1v) is 10.3. The van der Waals surface area contributed by atoms with Crippen molar-refractivity contribution in [3.05, 3.63) is 54.1 Å². The molecule has 27 heavy (non-hydrogen) atoms. The molecule has 146 valence electrons. The van der Waals surface area contributed by atoms with Crippen LogP contribution < -0.4 is 15.0 Å². The quantitative estimate of drug-likeness (QED) is 0.750. The van der Waals surface area contributed by atoms with Crippen molar-refractivity contribution >= 4 is 21.4 Å². The van der Waals surface area contributed by atoms with Gasteiger partial charge >= 0.3 is 0 Å². The van der Waals surface area contributed by atoms with E-state index in [0.29, 0.717) is 17.7 Å². The van der Waals surface area contributed by atoms with Gasteiger partial charge in [0.2, 0.25) is 5.91 Å². The van der Waals surface area contributed by atoms with Crippen molar-refractivity contribution < 1.29 is 17.9 Å². The van der Waals surface area contributed by atoms with Crippen LogP contribution in [0.1, 0.15) is 24.2 Å². The smallest absolute Gasteiger partial charge is 0.219 e. The van der Waals surface area contributed by atoms with Crippen LogP contribution >= 0.6 is 0 Å². The molecule has 0 saturated heterocycles. The van der Waals surface area contributed by atoms with E-state index in [1.807, 2.05) is 31.1 Å². The van der Waals surface area contributed by atoms with E-state index in [1.165, 1.54) is 19.2 Å². The molecule has 0 heterocycles. The third kappa shape index (κ3) is 5.01. The average Bonchev–Trinajstić information content (AvgIpc) is 2.68. The summed E-state index contributed by atoms with van der Waals surface area (Å²) < 4.78 is 31.6. The molecule has 0 bridgehead atoms. The second-order valence-electron chi connectivity index (χ2n) is 6.35. The minimum absolute atomic E-state index is 0.0162. The molecule has 6 nitrogen and oxygen atoms in total. The molecule has 2 rings (SSSR count). The zero-order valence-corrected chi connectivity index (χ0v) is 16.9. The standard InChI is InChI=1S/C20H26N2O4S/c1-5-20(23)21-14-19(15-6-8-16(9-7-15)22(2)3)27(24,25)18-12-10-17(26-4)11-13-18/h6-13,19H,5,14H2,1-4H3,(H,21,23)/t19-/m1/s1. The van der Waals surface area contributed by atoms with Gasteiger partial charge < -0.3 is 15.0 Å². The fourth-order valence-electron chi connectivity index (χ4n) is 2.66. The highest BCUT2D eigenvalue weighted by Gasteiger charge is 2.29. The van der Waals surface area contributed by atoms with Crippen LogP contribution in [-0.4, -0.2) is 42.1 Å². The van der Waals surface area contributed by atoms with Gasteiger partial charge in [0, 0.05) is 32.7 Å². The Morgan fingerprint density at radius 2 is 1.67 bits per heavy atom. The molecular formula is C20H26N2O4S. The number of ether oxygens (including phenoxy) is 1. The summed E-state index contributed by atoms with van der Waals surface area (Å²) in [6.45, 7) is 1.75. The lowest BCUT2D eigenvalue weighted by molar-refractivity contribution is -0.120. The van der Waals surface area contributed by atoms with Crippen molar-refractivity contribution in [1.82, 2.24) is 5.32 Å². The molecule has 0 radical (unpaired) electrons. The number of nitrogens with zero attached hydrogens (tertiary/aromatic N) is 1. The van der Waals surface area contributed by atoms with Crippen molar-refractivity contribution in [2.45, 2.75) is 23.5 Å². The zero-order valence-electron chi connectivity index (χ0n) is 16.1. The Labute approximate surface area is 161 Å². The molecule has 0 spiro atoms. The molecule has 0 aliphatic heterocycles. The lowest BCUT2D eigenvalue weighted by atomic mass is 10.1. The first-order valence-electron chi connectivity index (χ1n) is 8.71. The molecule has 7 heteroatoms. The van der Waals surface area contributed by atoms with Crippen LogP contribution in [0.15, 0.2) is 53.4 Å². The molecule has 2 aromatic carbocycles. The molecular weight excluding hydrogens is 364 g/mol. The second kappa shape index (κ2) is 8.90. The van der Waals surface area contributed by atoms with E-state index in [9.17, 15) is 13.2 Å².